The van der Waals surface area contributed by atoms with Crippen LogP contribution < -0.4 is 5.32 Å². The maximum absolute atomic E-state index is 13.6. The van der Waals surface area contributed by atoms with E-state index in [4.69, 9.17) is 5.11 Å². The molecule has 0 aromatic carbocycles. The molecule has 0 amide bonds. The van der Waals surface area contributed by atoms with E-state index in [-0.39, 0.29) is 6.61 Å². The van der Waals surface area contributed by atoms with Gasteiger partial charge in [-0.15, -0.1) is 0 Å². The molecule has 64 valence electrons. The van der Waals surface area contributed by atoms with Crippen LogP contribution in [0.4, 0.5) is 4.39 Å². The molecule has 0 aromatic heterocycles. The van der Waals surface area contributed by atoms with Crippen molar-refractivity contribution in [3.63, 3.8) is 0 Å². The Morgan fingerprint density at radius 3 is 2.36 bits per heavy atom. The lowest BCUT2D eigenvalue weighted by molar-refractivity contribution is 0.0255. The van der Waals surface area contributed by atoms with Crippen molar-refractivity contribution in [1.29, 1.82) is 0 Å². The molecule has 0 radical (unpaired) electrons. The molecule has 0 aliphatic carbocycles. The van der Waals surface area contributed by atoms with E-state index in [0.29, 0.717) is 24.9 Å². The van der Waals surface area contributed by atoms with Crippen LogP contribution in [0.5, 0.6) is 0 Å². The highest BCUT2D eigenvalue weighted by Gasteiger charge is 2.43. The first kappa shape index (κ1) is 7.50. The Morgan fingerprint density at radius 2 is 1.91 bits per heavy atom. The Kier molecular flexibility index (Phi) is 1.65. The quantitative estimate of drug-likeness (QED) is 0.587. The van der Waals surface area contributed by atoms with Crippen LogP contribution in [0.15, 0.2) is 0 Å². The van der Waals surface area contributed by atoms with Crippen molar-refractivity contribution < 1.29 is 9.50 Å². The molecule has 2 unspecified atom stereocenters. The first-order chi connectivity index (χ1) is 5.22. The van der Waals surface area contributed by atoms with Gasteiger partial charge in [-0.05, 0) is 25.7 Å². The first-order valence-corrected chi connectivity index (χ1v) is 4.28. The number of rotatable bonds is 1. The second-order valence-electron chi connectivity index (χ2n) is 3.86. The highest BCUT2D eigenvalue weighted by Crippen LogP contribution is 2.36. The molecule has 0 spiro atoms. The van der Waals surface area contributed by atoms with Crippen molar-refractivity contribution >= 4 is 0 Å². The summed E-state index contributed by atoms with van der Waals surface area (Å²) >= 11 is 0. The van der Waals surface area contributed by atoms with Gasteiger partial charge in [0.05, 0.1) is 6.61 Å². The van der Waals surface area contributed by atoms with Gasteiger partial charge in [-0.1, -0.05) is 0 Å². The van der Waals surface area contributed by atoms with Crippen molar-refractivity contribution in [2.75, 3.05) is 6.61 Å². The molecule has 2 aliphatic rings. The second kappa shape index (κ2) is 2.42. The lowest BCUT2D eigenvalue weighted by Crippen LogP contribution is -2.47. The van der Waals surface area contributed by atoms with E-state index in [1.807, 2.05) is 0 Å². The van der Waals surface area contributed by atoms with Gasteiger partial charge in [-0.25, -0.2) is 4.39 Å². The van der Waals surface area contributed by atoms with Gasteiger partial charge in [-0.3, -0.25) is 0 Å². The van der Waals surface area contributed by atoms with Crippen molar-refractivity contribution in [3.8, 4) is 0 Å². The molecular formula is C8H14FNO. The standard InChI is InChI=1S/C8H14FNO/c9-8(5-11)3-6-1-2-7(4-8)10-6/h6-7,10-11H,1-5H2. The van der Waals surface area contributed by atoms with E-state index < -0.39 is 5.67 Å². The minimum atomic E-state index is -1.28. The minimum Gasteiger partial charge on any atom is -0.393 e. The van der Waals surface area contributed by atoms with Crippen LogP contribution in [0.3, 0.4) is 0 Å². The average Bonchev–Trinajstić information content (AvgIpc) is 2.31. The molecule has 2 aliphatic heterocycles. The van der Waals surface area contributed by atoms with Crippen LogP contribution in [0.25, 0.3) is 0 Å². The van der Waals surface area contributed by atoms with Gasteiger partial charge in [0, 0.05) is 12.1 Å². The van der Waals surface area contributed by atoms with Crippen molar-refractivity contribution in [1.82, 2.24) is 5.32 Å². The molecule has 2 saturated heterocycles. The largest absolute Gasteiger partial charge is 0.393 e. The molecule has 2 N–H and O–H groups in total. The number of nitrogens with one attached hydrogen (secondary N) is 1. The first-order valence-electron chi connectivity index (χ1n) is 4.28. The van der Waals surface area contributed by atoms with Crippen molar-refractivity contribution in [2.24, 2.45) is 0 Å². The summed E-state index contributed by atoms with van der Waals surface area (Å²) in [4.78, 5) is 0. The summed E-state index contributed by atoms with van der Waals surface area (Å²) in [6.45, 7) is -0.304. The highest BCUT2D eigenvalue weighted by molar-refractivity contribution is 4.99. The Hall–Kier alpha value is -0.150. The van der Waals surface area contributed by atoms with Crippen LogP contribution in [-0.2, 0) is 0 Å². The summed E-state index contributed by atoms with van der Waals surface area (Å²) in [7, 11) is 0. The summed E-state index contributed by atoms with van der Waals surface area (Å²) in [6, 6.07) is 0.650. The molecule has 2 heterocycles. The summed E-state index contributed by atoms with van der Waals surface area (Å²) in [5, 5.41) is 12.1. The van der Waals surface area contributed by atoms with E-state index in [1.54, 1.807) is 0 Å². The van der Waals surface area contributed by atoms with E-state index in [2.05, 4.69) is 5.32 Å². The summed E-state index contributed by atoms with van der Waals surface area (Å²) < 4.78 is 13.6. The van der Waals surface area contributed by atoms with Gasteiger partial charge >= 0.3 is 0 Å². The molecule has 11 heavy (non-hydrogen) atoms. The van der Waals surface area contributed by atoms with Gasteiger partial charge in [-0.2, -0.15) is 0 Å². The zero-order chi connectivity index (χ0) is 7.90. The summed E-state index contributed by atoms with van der Waals surface area (Å²) in [5.41, 5.74) is -1.28. The topological polar surface area (TPSA) is 32.3 Å². The van der Waals surface area contributed by atoms with Crippen LogP contribution in [0.2, 0.25) is 0 Å². The fraction of sp³-hybridized carbons (Fsp3) is 1.00. The number of piperidine rings is 1. The second-order valence-corrected chi connectivity index (χ2v) is 3.86. The number of hydrogen-bond donors (Lipinski definition) is 2. The molecule has 3 heteroatoms. The number of alkyl halides is 1. The Balaban J connectivity index is 2.07. The molecule has 2 nitrogen and oxygen atoms in total. The third-order valence-electron chi connectivity index (χ3n) is 2.84. The van der Waals surface area contributed by atoms with E-state index in [1.165, 1.54) is 0 Å². The van der Waals surface area contributed by atoms with Crippen molar-refractivity contribution in [3.05, 3.63) is 0 Å². The maximum atomic E-state index is 13.6. The van der Waals surface area contributed by atoms with E-state index in [9.17, 15) is 4.39 Å². The molecule has 2 atom stereocenters. The van der Waals surface area contributed by atoms with Gasteiger partial charge in [0.25, 0.3) is 0 Å². The molecule has 0 aromatic rings. The third-order valence-corrected chi connectivity index (χ3v) is 2.84. The van der Waals surface area contributed by atoms with Gasteiger partial charge in [0.2, 0.25) is 0 Å². The number of fused-ring (bicyclic) bond motifs is 2. The van der Waals surface area contributed by atoms with Crippen LogP contribution in [0, 0.1) is 0 Å². The van der Waals surface area contributed by atoms with Crippen LogP contribution >= 0.6 is 0 Å². The fourth-order valence-electron chi connectivity index (χ4n) is 2.32. The zero-order valence-electron chi connectivity index (χ0n) is 6.52. The number of aliphatic hydroxyl groups excluding tert-OH is 1. The SMILES string of the molecule is OCC1(F)CC2CCC(C1)N2. The number of hydrogen-bond acceptors (Lipinski definition) is 2. The minimum absolute atomic E-state index is 0.304. The monoisotopic (exact) mass is 159 g/mol. The van der Waals surface area contributed by atoms with Gasteiger partial charge in [0.15, 0.2) is 0 Å². The predicted octanol–water partition coefficient (Wildman–Crippen LogP) is 0.601. The maximum Gasteiger partial charge on any atom is 0.136 e. The predicted molar refractivity (Wildman–Crippen MR) is 40.1 cm³/mol. The smallest absolute Gasteiger partial charge is 0.136 e. The molecule has 2 rings (SSSR count). The Labute approximate surface area is 65.8 Å². The average molecular weight is 159 g/mol. The molecular weight excluding hydrogens is 145 g/mol. The number of halogens is 1. The Morgan fingerprint density at radius 1 is 1.36 bits per heavy atom. The summed E-state index contributed by atoms with van der Waals surface area (Å²) in [6.07, 6.45) is 3.16. The van der Waals surface area contributed by atoms with E-state index in [0.717, 1.165) is 12.8 Å². The fourth-order valence-corrected chi connectivity index (χ4v) is 2.32. The molecule has 2 fully saturated rings. The van der Waals surface area contributed by atoms with Crippen LogP contribution in [-0.4, -0.2) is 29.5 Å². The van der Waals surface area contributed by atoms with Crippen LogP contribution in [0.1, 0.15) is 25.7 Å². The normalized spacial score (nSPS) is 49.6. The van der Waals surface area contributed by atoms with Crippen molar-refractivity contribution in [2.45, 2.75) is 43.4 Å². The highest BCUT2D eigenvalue weighted by atomic mass is 19.1. The van der Waals surface area contributed by atoms with Gasteiger partial charge in [0.1, 0.15) is 5.67 Å². The molecule has 0 saturated carbocycles. The lowest BCUT2D eigenvalue weighted by Gasteiger charge is -2.33. The van der Waals surface area contributed by atoms with Gasteiger partial charge < -0.3 is 10.4 Å². The number of aliphatic hydroxyl groups is 1. The van der Waals surface area contributed by atoms with E-state index >= 15 is 0 Å². The molecule has 2 bridgehead atoms. The summed E-state index contributed by atoms with van der Waals surface area (Å²) in [5.74, 6) is 0. The lowest BCUT2D eigenvalue weighted by atomic mass is 9.90. The zero-order valence-corrected chi connectivity index (χ0v) is 6.52. The Bertz CT molecular complexity index is 150. The third kappa shape index (κ3) is 1.27.